The van der Waals surface area contributed by atoms with Gasteiger partial charge in [0.25, 0.3) is 0 Å². The van der Waals surface area contributed by atoms with Crippen molar-refractivity contribution in [1.29, 1.82) is 0 Å². The van der Waals surface area contributed by atoms with Crippen molar-refractivity contribution in [2.24, 2.45) is 10.6 Å². The molecular formula is C17H23F2NO2. The Kier molecular flexibility index (Phi) is 4.57. The van der Waals surface area contributed by atoms with E-state index in [1.165, 1.54) is 18.2 Å². The zero-order chi connectivity index (χ0) is 16.5. The molecule has 22 heavy (non-hydrogen) atoms. The normalized spacial score (nSPS) is 25.6. The second-order valence-electron chi connectivity index (χ2n) is 7.03. The van der Waals surface area contributed by atoms with Gasteiger partial charge in [-0.3, -0.25) is 0 Å². The van der Waals surface area contributed by atoms with Gasteiger partial charge in [0.15, 0.2) is 0 Å². The van der Waals surface area contributed by atoms with E-state index in [1.54, 1.807) is 0 Å². The lowest BCUT2D eigenvalue weighted by Crippen LogP contribution is -2.50. The van der Waals surface area contributed by atoms with E-state index in [1.807, 2.05) is 34.6 Å². The number of benzene rings is 1. The molecule has 0 amide bonds. The number of rotatable bonds is 3. The fourth-order valence-electron chi connectivity index (χ4n) is 2.88. The van der Waals surface area contributed by atoms with Crippen LogP contribution in [0.4, 0.5) is 8.78 Å². The topological polar surface area (TPSA) is 30.8 Å². The summed E-state index contributed by atoms with van der Waals surface area (Å²) in [5.74, 6) is -1.20. The van der Waals surface area contributed by atoms with Gasteiger partial charge in [0.2, 0.25) is 0 Å². The predicted octanol–water partition coefficient (Wildman–Crippen LogP) is 4.45. The van der Waals surface area contributed by atoms with Crippen LogP contribution >= 0.6 is 0 Å². The third-order valence-electron chi connectivity index (χ3n) is 3.81. The molecule has 0 bridgehead atoms. The Morgan fingerprint density at radius 2 is 1.91 bits per heavy atom. The summed E-state index contributed by atoms with van der Waals surface area (Å²) >= 11 is 0. The summed E-state index contributed by atoms with van der Waals surface area (Å²) in [7, 11) is 0. The van der Waals surface area contributed by atoms with Crippen molar-refractivity contribution < 1.29 is 18.4 Å². The Labute approximate surface area is 130 Å². The van der Waals surface area contributed by atoms with Crippen LogP contribution in [-0.2, 0) is 16.2 Å². The van der Waals surface area contributed by atoms with Gasteiger partial charge in [-0.1, -0.05) is 32.0 Å². The molecule has 0 fully saturated rings. The second-order valence-corrected chi connectivity index (χ2v) is 7.03. The maximum atomic E-state index is 13.8. The molecule has 3 nitrogen and oxygen atoms in total. The van der Waals surface area contributed by atoms with E-state index in [0.717, 1.165) is 5.71 Å². The Balaban J connectivity index is 2.25. The molecule has 0 saturated heterocycles. The average Bonchev–Trinajstić information content (AvgIpc) is 2.36. The highest BCUT2D eigenvalue weighted by molar-refractivity contribution is 5.96. The highest BCUT2D eigenvalue weighted by Gasteiger charge is 2.43. The van der Waals surface area contributed by atoms with Crippen LogP contribution in [0.1, 0.15) is 46.6 Å². The van der Waals surface area contributed by atoms with Crippen LogP contribution in [0.3, 0.4) is 0 Å². The van der Waals surface area contributed by atoms with Crippen LogP contribution < -0.4 is 0 Å². The number of hydrogen-bond donors (Lipinski definition) is 0. The van der Waals surface area contributed by atoms with Gasteiger partial charge in [0.1, 0.15) is 23.3 Å². The van der Waals surface area contributed by atoms with E-state index in [-0.39, 0.29) is 23.7 Å². The number of nitrogens with zero attached hydrogens (tertiary/aromatic N) is 1. The molecule has 1 aromatic rings. The van der Waals surface area contributed by atoms with Crippen molar-refractivity contribution in [2.45, 2.75) is 59.4 Å². The van der Waals surface area contributed by atoms with Crippen LogP contribution in [0.5, 0.6) is 0 Å². The third kappa shape index (κ3) is 3.46. The Bertz CT molecular complexity index is 560. The molecular weight excluding hydrogens is 288 g/mol. The molecule has 1 heterocycles. The fourth-order valence-corrected chi connectivity index (χ4v) is 2.88. The monoisotopic (exact) mass is 311 g/mol. The van der Waals surface area contributed by atoms with Gasteiger partial charge < -0.3 is 9.57 Å². The lowest BCUT2D eigenvalue weighted by Gasteiger charge is -2.41. The first-order valence-electron chi connectivity index (χ1n) is 7.45. The van der Waals surface area contributed by atoms with Gasteiger partial charge in [-0.05, 0) is 26.0 Å². The van der Waals surface area contributed by atoms with Crippen LogP contribution in [0, 0.1) is 17.0 Å². The van der Waals surface area contributed by atoms with Gasteiger partial charge in [-0.15, -0.1) is 0 Å². The summed E-state index contributed by atoms with van der Waals surface area (Å²) in [4.78, 5) is 5.37. The summed E-state index contributed by atoms with van der Waals surface area (Å²) in [5.41, 5.74) is -0.293. The van der Waals surface area contributed by atoms with E-state index in [2.05, 4.69) is 5.16 Å². The molecule has 122 valence electrons. The van der Waals surface area contributed by atoms with Gasteiger partial charge in [0, 0.05) is 17.4 Å². The number of hydrogen-bond acceptors (Lipinski definition) is 3. The Hall–Kier alpha value is -1.49. The third-order valence-corrected chi connectivity index (χ3v) is 3.81. The van der Waals surface area contributed by atoms with Crippen LogP contribution in [0.25, 0.3) is 0 Å². The molecule has 0 aromatic heterocycles. The molecule has 2 atom stereocenters. The molecule has 1 aliphatic heterocycles. The highest BCUT2D eigenvalue weighted by Crippen LogP contribution is 2.35. The molecule has 0 radical (unpaired) electrons. The molecule has 0 saturated carbocycles. The van der Waals surface area contributed by atoms with E-state index in [9.17, 15) is 8.78 Å². The Morgan fingerprint density at radius 1 is 1.32 bits per heavy atom. The minimum absolute atomic E-state index is 0.0591. The van der Waals surface area contributed by atoms with Crippen LogP contribution in [0.15, 0.2) is 23.4 Å². The van der Waals surface area contributed by atoms with Gasteiger partial charge in [0.05, 0.1) is 12.3 Å². The van der Waals surface area contributed by atoms with Crippen molar-refractivity contribution in [3.05, 3.63) is 35.4 Å². The average molecular weight is 311 g/mol. The first kappa shape index (κ1) is 16.9. The number of oxime groups is 1. The first-order chi connectivity index (χ1) is 10.1. The molecule has 0 N–H and O–H groups in total. The van der Waals surface area contributed by atoms with Crippen molar-refractivity contribution in [3.63, 3.8) is 0 Å². The van der Waals surface area contributed by atoms with E-state index < -0.39 is 17.2 Å². The first-order valence-corrected chi connectivity index (χ1v) is 7.45. The van der Waals surface area contributed by atoms with Crippen molar-refractivity contribution in [2.75, 3.05) is 0 Å². The molecule has 2 unspecified atom stereocenters. The van der Waals surface area contributed by atoms with E-state index in [4.69, 9.17) is 9.57 Å². The maximum absolute atomic E-state index is 13.8. The molecule has 1 aliphatic rings. The summed E-state index contributed by atoms with van der Waals surface area (Å²) in [5, 5.41) is 4.20. The van der Waals surface area contributed by atoms with Gasteiger partial charge in [-0.25, -0.2) is 8.78 Å². The standard InChI is InChI=1S/C17H23F2NO2/c1-11-9-17(5,15(20-22-11)16(2,3)4)21-10-12-13(18)7-6-8-14(12)19/h6-8,11H,9-10H2,1-5H3. The smallest absolute Gasteiger partial charge is 0.131 e. The minimum Gasteiger partial charge on any atom is -0.393 e. The Morgan fingerprint density at radius 3 is 2.45 bits per heavy atom. The van der Waals surface area contributed by atoms with E-state index >= 15 is 0 Å². The zero-order valence-corrected chi connectivity index (χ0v) is 13.7. The molecule has 0 spiro atoms. The molecule has 0 aliphatic carbocycles. The summed E-state index contributed by atoms with van der Waals surface area (Å²) in [6.07, 6.45) is 0.473. The summed E-state index contributed by atoms with van der Waals surface area (Å²) in [6, 6.07) is 3.80. The largest absolute Gasteiger partial charge is 0.393 e. The maximum Gasteiger partial charge on any atom is 0.131 e. The molecule has 2 rings (SSSR count). The van der Waals surface area contributed by atoms with Gasteiger partial charge >= 0.3 is 0 Å². The quantitative estimate of drug-likeness (QED) is 0.825. The van der Waals surface area contributed by atoms with Crippen molar-refractivity contribution in [3.8, 4) is 0 Å². The van der Waals surface area contributed by atoms with Crippen LogP contribution in [0.2, 0.25) is 0 Å². The van der Waals surface area contributed by atoms with Crippen molar-refractivity contribution >= 4 is 5.71 Å². The number of halogens is 2. The van der Waals surface area contributed by atoms with Crippen LogP contribution in [-0.4, -0.2) is 17.4 Å². The van der Waals surface area contributed by atoms with E-state index in [0.29, 0.717) is 6.42 Å². The predicted molar refractivity (Wildman–Crippen MR) is 81.6 cm³/mol. The fraction of sp³-hybridized carbons (Fsp3) is 0.588. The molecule has 5 heteroatoms. The number of ether oxygens (including phenoxy) is 1. The summed E-state index contributed by atoms with van der Waals surface area (Å²) < 4.78 is 33.5. The molecule has 1 aromatic carbocycles. The van der Waals surface area contributed by atoms with Gasteiger partial charge in [-0.2, -0.15) is 0 Å². The highest BCUT2D eigenvalue weighted by atomic mass is 19.1. The summed E-state index contributed by atoms with van der Waals surface area (Å²) in [6.45, 7) is 9.68. The second kappa shape index (κ2) is 5.95. The lowest BCUT2D eigenvalue weighted by atomic mass is 9.77. The zero-order valence-electron chi connectivity index (χ0n) is 13.7. The minimum atomic E-state index is -0.718. The lowest BCUT2D eigenvalue weighted by molar-refractivity contribution is -0.0675. The SMILES string of the molecule is CC1CC(C)(OCc2c(F)cccc2F)C(C(C)(C)C)=NO1. The van der Waals surface area contributed by atoms with Crippen molar-refractivity contribution in [1.82, 2.24) is 0 Å².